The molecule has 0 atom stereocenters. The summed E-state index contributed by atoms with van der Waals surface area (Å²) in [7, 11) is 0. The first-order valence-corrected chi connectivity index (χ1v) is 11.8. The van der Waals surface area contributed by atoms with Crippen LogP contribution in [0.2, 0.25) is 0 Å². The normalized spacial score (nSPS) is 14.3. The summed E-state index contributed by atoms with van der Waals surface area (Å²) in [5, 5.41) is 2.28. The van der Waals surface area contributed by atoms with Gasteiger partial charge in [0.1, 0.15) is 0 Å². The van der Waals surface area contributed by atoms with Crippen LogP contribution in [0.25, 0.3) is 17.2 Å². The molecule has 4 rings (SSSR count). The van der Waals surface area contributed by atoms with E-state index in [0.717, 1.165) is 12.0 Å². The molecular weight excluding hydrogens is 392 g/mol. The number of thiophene rings is 2. The monoisotopic (exact) mass is 418 g/mol. The van der Waals surface area contributed by atoms with Gasteiger partial charge in [0.05, 0.1) is 0 Å². The van der Waals surface area contributed by atoms with E-state index in [2.05, 4.69) is 33.1 Å². The summed E-state index contributed by atoms with van der Waals surface area (Å²) >= 11 is 3.66. The van der Waals surface area contributed by atoms with Gasteiger partial charge in [0.25, 0.3) is 0 Å². The predicted octanol–water partition coefficient (Wildman–Crippen LogP) is 8.03. The fourth-order valence-corrected chi connectivity index (χ4v) is 6.42. The molecule has 3 aromatic rings. The average Bonchev–Trinajstić information content (AvgIpc) is 3.38. The Morgan fingerprint density at radius 1 is 0.931 bits per heavy atom. The Labute approximate surface area is 181 Å². The number of hydrogen-bond acceptors (Lipinski definition) is 3. The van der Waals surface area contributed by atoms with Crippen molar-refractivity contribution >= 4 is 45.7 Å². The van der Waals surface area contributed by atoms with E-state index in [4.69, 9.17) is 0 Å². The molecule has 0 saturated carbocycles. The molecule has 148 valence electrons. The highest BCUT2D eigenvalue weighted by Crippen LogP contribution is 2.47. The van der Waals surface area contributed by atoms with Gasteiger partial charge in [-0.25, -0.2) is 0 Å². The maximum absolute atomic E-state index is 12.5. The van der Waals surface area contributed by atoms with E-state index in [1.165, 1.54) is 55.3 Å². The minimum atomic E-state index is 0.0582. The van der Waals surface area contributed by atoms with Gasteiger partial charge in [-0.3, -0.25) is 4.79 Å². The smallest absolute Gasteiger partial charge is 0.185 e. The van der Waals surface area contributed by atoms with Gasteiger partial charge < -0.3 is 0 Å². The molecule has 1 aliphatic carbocycles. The molecule has 0 aliphatic heterocycles. The molecule has 0 bridgehead atoms. The summed E-state index contributed by atoms with van der Waals surface area (Å²) in [4.78, 5) is 16.4. The summed E-state index contributed by atoms with van der Waals surface area (Å²) in [6, 6.07) is 9.48. The molecule has 29 heavy (non-hydrogen) atoms. The lowest BCUT2D eigenvalue weighted by molar-refractivity contribution is 0.104. The number of ketones is 1. The summed E-state index contributed by atoms with van der Waals surface area (Å²) in [6.45, 7) is 8.91. The van der Waals surface area contributed by atoms with E-state index in [1.54, 1.807) is 23.0 Å². The lowest BCUT2D eigenvalue weighted by Crippen LogP contribution is -1.93. The molecule has 1 aliphatic rings. The van der Waals surface area contributed by atoms with Crippen molar-refractivity contribution in [1.29, 1.82) is 0 Å². The number of rotatable bonds is 5. The Morgan fingerprint density at radius 2 is 1.62 bits per heavy atom. The van der Waals surface area contributed by atoms with E-state index in [9.17, 15) is 4.79 Å². The molecule has 0 radical (unpaired) electrons. The molecule has 0 spiro atoms. The molecular formula is C26H26OS2. The van der Waals surface area contributed by atoms with Crippen LogP contribution in [0.3, 0.4) is 0 Å². The van der Waals surface area contributed by atoms with Crippen molar-refractivity contribution in [2.75, 3.05) is 0 Å². The largest absolute Gasteiger partial charge is 0.289 e. The summed E-state index contributed by atoms with van der Waals surface area (Å²) in [5.41, 5.74) is 9.41. The Balaban J connectivity index is 1.72. The van der Waals surface area contributed by atoms with Crippen LogP contribution in [0.5, 0.6) is 0 Å². The molecule has 2 aromatic heterocycles. The van der Waals surface area contributed by atoms with Crippen LogP contribution in [0, 0.1) is 27.7 Å². The molecule has 3 heteroatoms. The molecule has 0 unspecified atom stereocenters. The van der Waals surface area contributed by atoms with E-state index < -0.39 is 0 Å². The number of aryl methyl sites for hydroxylation is 3. The molecule has 0 fully saturated rings. The minimum absolute atomic E-state index is 0.0582. The van der Waals surface area contributed by atoms with Gasteiger partial charge in [0.15, 0.2) is 5.78 Å². The number of allylic oxidation sites excluding steroid dienone is 3. The predicted molar refractivity (Wildman–Crippen MR) is 128 cm³/mol. The summed E-state index contributed by atoms with van der Waals surface area (Å²) in [6.07, 6.45) is 7.26. The van der Waals surface area contributed by atoms with Crippen LogP contribution in [0.4, 0.5) is 0 Å². The van der Waals surface area contributed by atoms with E-state index in [0.29, 0.717) is 0 Å². The molecule has 2 heterocycles. The van der Waals surface area contributed by atoms with Crippen molar-refractivity contribution in [3.8, 4) is 0 Å². The fourth-order valence-electron chi connectivity index (χ4n) is 4.45. The maximum atomic E-state index is 12.5. The highest BCUT2D eigenvalue weighted by atomic mass is 32.1. The third kappa shape index (κ3) is 3.82. The van der Waals surface area contributed by atoms with Crippen LogP contribution < -0.4 is 0 Å². The lowest BCUT2D eigenvalue weighted by atomic mass is 9.93. The quantitative estimate of drug-likeness (QED) is 0.303. The van der Waals surface area contributed by atoms with Crippen LogP contribution in [0.1, 0.15) is 66.5 Å². The summed E-state index contributed by atoms with van der Waals surface area (Å²) in [5.74, 6) is 0.0582. The number of benzene rings is 1. The van der Waals surface area contributed by atoms with Crippen molar-refractivity contribution in [3.05, 3.63) is 84.2 Å². The first kappa shape index (κ1) is 20.1. The van der Waals surface area contributed by atoms with Crippen molar-refractivity contribution in [3.63, 3.8) is 0 Å². The van der Waals surface area contributed by atoms with Crippen molar-refractivity contribution in [2.45, 2.75) is 47.0 Å². The van der Waals surface area contributed by atoms with Gasteiger partial charge in [-0.05, 0) is 97.9 Å². The second-order valence-corrected chi connectivity index (χ2v) is 10.1. The Bertz CT molecular complexity index is 1100. The van der Waals surface area contributed by atoms with E-state index in [-0.39, 0.29) is 5.78 Å². The van der Waals surface area contributed by atoms with Gasteiger partial charge in [-0.15, -0.1) is 22.7 Å². The van der Waals surface area contributed by atoms with Crippen LogP contribution in [0.15, 0.2) is 41.8 Å². The highest BCUT2D eigenvalue weighted by molar-refractivity contribution is 7.13. The van der Waals surface area contributed by atoms with Gasteiger partial charge in [-0.1, -0.05) is 30.3 Å². The first-order chi connectivity index (χ1) is 14.0. The van der Waals surface area contributed by atoms with Gasteiger partial charge >= 0.3 is 0 Å². The van der Waals surface area contributed by atoms with E-state index in [1.807, 2.05) is 47.7 Å². The fraction of sp³-hybridized carbons (Fsp3) is 0.269. The molecule has 1 nitrogen and oxygen atoms in total. The molecule has 0 amide bonds. The Hall–Kier alpha value is -2.23. The number of carbonyl (C=O) groups is 1. The summed E-state index contributed by atoms with van der Waals surface area (Å²) < 4.78 is 0. The standard InChI is InChI=1S/C26H26OS2/c1-16-15-28-18(3)25(16)21-11-8-12-22(21)26-17(2)24(29-19(26)4)14-13-23(27)20-9-6-5-7-10-20/h5-7,9-10,13-15H,8,11-12H2,1-4H3. The zero-order valence-electron chi connectivity index (χ0n) is 17.5. The van der Waals surface area contributed by atoms with Crippen molar-refractivity contribution in [2.24, 2.45) is 0 Å². The van der Waals surface area contributed by atoms with Crippen LogP contribution in [-0.4, -0.2) is 5.78 Å². The van der Waals surface area contributed by atoms with Gasteiger partial charge in [-0.2, -0.15) is 0 Å². The number of carbonyl (C=O) groups excluding carboxylic acids is 1. The lowest BCUT2D eigenvalue weighted by Gasteiger charge is -2.11. The van der Waals surface area contributed by atoms with Crippen molar-refractivity contribution in [1.82, 2.24) is 0 Å². The Morgan fingerprint density at radius 3 is 2.28 bits per heavy atom. The van der Waals surface area contributed by atoms with Gasteiger partial charge in [0, 0.05) is 20.2 Å². The molecule has 1 aromatic carbocycles. The number of hydrogen-bond donors (Lipinski definition) is 0. The van der Waals surface area contributed by atoms with Crippen molar-refractivity contribution < 1.29 is 4.79 Å². The second-order valence-electron chi connectivity index (χ2n) is 7.75. The van der Waals surface area contributed by atoms with Crippen LogP contribution in [-0.2, 0) is 0 Å². The third-order valence-electron chi connectivity index (χ3n) is 5.78. The molecule has 0 saturated heterocycles. The van der Waals surface area contributed by atoms with Crippen LogP contribution >= 0.6 is 22.7 Å². The maximum Gasteiger partial charge on any atom is 0.185 e. The SMILES string of the molecule is Cc1csc(C)c1C1=C(c2c(C)sc(C=CC(=O)c3ccccc3)c2C)CCC1. The molecule has 0 N–H and O–H groups in total. The highest BCUT2D eigenvalue weighted by Gasteiger charge is 2.25. The van der Waals surface area contributed by atoms with E-state index >= 15 is 0 Å². The van der Waals surface area contributed by atoms with Gasteiger partial charge in [0.2, 0.25) is 0 Å². The second kappa shape index (κ2) is 8.25. The zero-order valence-corrected chi connectivity index (χ0v) is 19.1. The average molecular weight is 419 g/mol. The zero-order chi connectivity index (χ0) is 20.5. The first-order valence-electron chi connectivity index (χ1n) is 10.1. The Kier molecular flexibility index (Phi) is 5.71. The minimum Gasteiger partial charge on any atom is -0.289 e. The topological polar surface area (TPSA) is 17.1 Å². The third-order valence-corrected chi connectivity index (χ3v) is 7.99.